The number of nitrogens with two attached hydrogens (primary N) is 1. The van der Waals surface area contributed by atoms with Crippen LogP contribution in [0.2, 0.25) is 0 Å². The normalized spacial score (nSPS) is 23.6. The molecule has 2 unspecified atom stereocenters. The number of carbonyl (C=O) groups excluding carboxylic acids is 1. The quantitative estimate of drug-likeness (QED) is 0.798. The second kappa shape index (κ2) is 5.17. The van der Waals surface area contributed by atoms with Crippen molar-refractivity contribution in [3.8, 4) is 0 Å². The predicted octanol–water partition coefficient (Wildman–Crippen LogP) is 1.87. The molecule has 1 aliphatic heterocycles. The summed E-state index contributed by atoms with van der Waals surface area (Å²) in [6, 6.07) is 0. The molecular formula is C13H26N2O. The number of carbonyl (C=O) groups is 1. The zero-order valence-electron chi connectivity index (χ0n) is 11.1. The summed E-state index contributed by atoms with van der Waals surface area (Å²) in [6.45, 7) is 11.3. The topological polar surface area (TPSA) is 46.3 Å². The van der Waals surface area contributed by atoms with Crippen molar-refractivity contribution in [3.63, 3.8) is 0 Å². The molecular weight excluding hydrogens is 200 g/mol. The van der Waals surface area contributed by atoms with Gasteiger partial charge in [-0.3, -0.25) is 4.79 Å². The zero-order chi connectivity index (χ0) is 12.3. The average molecular weight is 226 g/mol. The van der Waals surface area contributed by atoms with Gasteiger partial charge in [-0.15, -0.1) is 0 Å². The van der Waals surface area contributed by atoms with E-state index in [4.69, 9.17) is 5.73 Å². The molecule has 0 aliphatic carbocycles. The second-order valence-electron chi connectivity index (χ2n) is 6.24. The fourth-order valence-corrected chi connectivity index (χ4v) is 2.20. The van der Waals surface area contributed by atoms with Crippen LogP contribution in [0.4, 0.5) is 0 Å². The molecule has 1 fully saturated rings. The lowest BCUT2D eigenvalue weighted by molar-refractivity contribution is -0.131. The van der Waals surface area contributed by atoms with E-state index in [2.05, 4.69) is 20.8 Å². The van der Waals surface area contributed by atoms with Gasteiger partial charge in [0.15, 0.2) is 0 Å². The van der Waals surface area contributed by atoms with E-state index in [-0.39, 0.29) is 5.91 Å². The summed E-state index contributed by atoms with van der Waals surface area (Å²) < 4.78 is 0. The summed E-state index contributed by atoms with van der Waals surface area (Å²) >= 11 is 0. The van der Waals surface area contributed by atoms with Gasteiger partial charge in [0.1, 0.15) is 0 Å². The van der Waals surface area contributed by atoms with Crippen LogP contribution in [0.5, 0.6) is 0 Å². The number of hydrogen-bond acceptors (Lipinski definition) is 2. The average Bonchev–Trinajstić information content (AvgIpc) is 2.65. The highest BCUT2D eigenvalue weighted by molar-refractivity contribution is 5.76. The summed E-state index contributed by atoms with van der Waals surface area (Å²) in [6.07, 6.45) is 1.75. The largest absolute Gasteiger partial charge is 0.342 e. The maximum absolute atomic E-state index is 12.0. The molecule has 2 N–H and O–H groups in total. The summed E-state index contributed by atoms with van der Waals surface area (Å²) in [5.74, 6) is 1.23. The van der Waals surface area contributed by atoms with Gasteiger partial charge in [0.05, 0.1) is 0 Å². The van der Waals surface area contributed by atoms with Crippen molar-refractivity contribution < 1.29 is 4.79 Å². The Kier molecular flexibility index (Phi) is 4.36. The number of hydrogen-bond donors (Lipinski definition) is 1. The minimum Gasteiger partial charge on any atom is -0.342 e. The molecule has 0 aromatic carbocycles. The molecule has 3 nitrogen and oxygen atoms in total. The zero-order valence-corrected chi connectivity index (χ0v) is 11.1. The lowest BCUT2D eigenvalue weighted by Crippen LogP contribution is -2.32. The molecule has 1 saturated heterocycles. The molecule has 3 heteroatoms. The Labute approximate surface area is 99.4 Å². The molecule has 1 aliphatic rings. The molecule has 16 heavy (non-hydrogen) atoms. The van der Waals surface area contributed by atoms with Crippen LogP contribution in [0.15, 0.2) is 0 Å². The van der Waals surface area contributed by atoms with Gasteiger partial charge in [0.2, 0.25) is 5.91 Å². The van der Waals surface area contributed by atoms with Gasteiger partial charge < -0.3 is 10.6 Å². The van der Waals surface area contributed by atoms with E-state index < -0.39 is 0 Å². The third-order valence-corrected chi connectivity index (χ3v) is 3.69. The third-order valence-electron chi connectivity index (χ3n) is 3.69. The van der Waals surface area contributed by atoms with Gasteiger partial charge in [-0.05, 0) is 30.2 Å². The van der Waals surface area contributed by atoms with Crippen molar-refractivity contribution >= 4 is 5.91 Å². The Balaban J connectivity index is 2.44. The van der Waals surface area contributed by atoms with Crippen molar-refractivity contribution in [3.05, 3.63) is 0 Å². The standard InChI is InChI=1S/C13H26N2O/c1-10(8-14)7-12(16)15-6-5-11(9-15)13(2,3)4/h10-11H,5-9,14H2,1-4H3. The number of amides is 1. The van der Waals surface area contributed by atoms with E-state index in [9.17, 15) is 4.79 Å². The molecule has 94 valence electrons. The van der Waals surface area contributed by atoms with Crippen molar-refractivity contribution in [2.24, 2.45) is 23.0 Å². The number of rotatable bonds is 3. The summed E-state index contributed by atoms with van der Waals surface area (Å²) in [7, 11) is 0. The molecule has 0 radical (unpaired) electrons. The van der Waals surface area contributed by atoms with Crippen molar-refractivity contribution in [2.75, 3.05) is 19.6 Å². The van der Waals surface area contributed by atoms with E-state index in [1.54, 1.807) is 0 Å². The summed E-state index contributed by atoms with van der Waals surface area (Å²) in [5, 5.41) is 0. The first kappa shape index (κ1) is 13.5. The van der Waals surface area contributed by atoms with Crippen LogP contribution in [-0.2, 0) is 4.79 Å². The van der Waals surface area contributed by atoms with Gasteiger partial charge >= 0.3 is 0 Å². The molecule has 0 bridgehead atoms. The molecule has 0 saturated carbocycles. The van der Waals surface area contributed by atoms with Crippen LogP contribution >= 0.6 is 0 Å². The Morgan fingerprint density at radius 3 is 2.56 bits per heavy atom. The Morgan fingerprint density at radius 1 is 1.50 bits per heavy atom. The fourth-order valence-electron chi connectivity index (χ4n) is 2.20. The molecule has 0 spiro atoms. The SMILES string of the molecule is CC(CN)CC(=O)N1CCC(C(C)(C)C)C1. The maximum atomic E-state index is 12.0. The van der Waals surface area contributed by atoms with Crippen LogP contribution < -0.4 is 5.73 Å². The van der Waals surface area contributed by atoms with Crippen molar-refractivity contribution in [1.82, 2.24) is 4.90 Å². The van der Waals surface area contributed by atoms with Crippen molar-refractivity contribution in [1.29, 1.82) is 0 Å². The first-order valence-corrected chi connectivity index (χ1v) is 6.32. The van der Waals surface area contributed by atoms with Gasteiger partial charge in [-0.1, -0.05) is 27.7 Å². The monoisotopic (exact) mass is 226 g/mol. The second-order valence-corrected chi connectivity index (χ2v) is 6.24. The van der Waals surface area contributed by atoms with Crippen LogP contribution in [0.25, 0.3) is 0 Å². The lowest BCUT2D eigenvalue weighted by Gasteiger charge is -2.27. The molecule has 0 aromatic heterocycles. The highest BCUT2D eigenvalue weighted by Crippen LogP contribution is 2.33. The summed E-state index contributed by atoms with van der Waals surface area (Å²) in [4.78, 5) is 14.0. The van der Waals surface area contributed by atoms with Crippen LogP contribution in [0.1, 0.15) is 40.5 Å². The van der Waals surface area contributed by atoms with E-state index in [1.807, 2.05) is 11.8 Å². The molecule has 1 amide bonds. The van der Waals surface area contributed by atoms with E-state index in [0.717, 1.165) is 19.5 Å². The van der Waals surface area contributed by atoms with Gasteiger partial charge in [-0.2, -0.15) is 0 Å². The van der Waals surface area contributed by atoms with Gasteiger partial charge in [0, 0.05) is 19.5 Å². The van der Waals surface area contributed by atoms with Gasteiger partial charge in [-0.25, -0.2) is 0 Å². The molecule has 2 atom stereocenters. The molecule has 1 rings (SSSR count). The predicted molar refractivity (Wildman–Crippen MR) is 67.0 cm³/mol. The number of nitrogens with zero attached hydrogens (tertiary/aromatic N) is 1. The number of likely N-dealkylation sites (tertiary alicyclic amines) is 1. The van der Waals surface area contributed by atoms with Crippen molar-refractivity contribution in [2.45, 2.75) is 40.5 Å². The maximum Gasteiger partial charge on any atom is 0.222 e. The first-order valence-electron chi connectivity index (χ1n) is 6.32. The minimum absolute atomic E-state index is 0.282. The Bertz CT molecular complexity index is 245. The Morgan fingerprint density at radius 2 is 2.12 bits per heavy atom. The van der Waals surface area contributed by atoms with E-state index in [0.29, 0.717) is 30.2 Å². The van der Waals surface area contributed by atoms with E-state index in [1.165, 1.54) is 0 Å². The van der Waals surface area contributed by atoms with E-state index >= 15 is 0 Å². The minimum atomic E-state index is 0.282. The van der Waals surface area contributed by atoms with Crippen LogP contribution in [0.3, 0.4) is 0 Å². The lowest BCUT2D eigenvalue weighted by atomic mass is 9.80. The molecule has 0 aromatic rings. The third kappa shape index (κ3) is 3.48. The van der Waals surface area contributed by atoms with Crippen LogP contribution in [0, 0.1) is 17.3 Å². The van der Waals surface area contributed by atoms with Crippen LogP contribution in [-0.4, -0.2) is 30.4 Å². The highest BCUT2D eigenvalue weighted by Gasteiger charge is 2.33. The Hall–Kier alpha value is -0.570. The van der Waals surface area contributed by atoms with Gasteiger partial charge in [0.25, 0.3) is 0 Å². The highest BCUT2D eigenvalue weighted by atomic mass is 16.2. The smallest absolute Gasteiger partial charge is 0.222 e. The molecule has 1 heterocycles. The fraction of sp³-hybridized carbons (Fsp3) is 0.923. The first-order chi connectivity index (χ1) is 7.34. The summed E-state index contributed by atoms with van der Waals surface area (Å²) in [5.41, 5.74) is 5.86.